The summed E-state index contributed by atoms with van der Waals surface area (Å²) < 4.78 is 31.9. The Morgan fingerprint density at radius 2 is 1.84 bits per heavy atom. The molecule has 1 rings (SSSR count). The van der Waals surface area contributed by atoms with E-state index in [-0.39, 0.29) is 10.8 Å². The fourth-order valence-electron chi connectivity index (χ4n) is 1.35. The highest BCUT2D eigenvalue weighted by Gasteiger charge is 2.13. The summed E-state index contributed by atoms with van der Waals surface area (Å²) in [4.78, 5) is 0.258. The number of hydrogen-bond donors (Lipinski definition) is 2. The third-order valence-corrected chi connectivity index (χ3v) is 3.88. The van der Waals surface area contributed by atoms with Crippen molar-refractivity contribution in [1.82, 2.24) is 10.0 Å². The summed E-state index contributed by atoms with van der Waals surface area (Å²) in [6, 6.07) is 6.44. The molecule has 0 bridgehead atoms. The van der Waals surface area contributed by atoms with Gasteiger partial charge in [0.2, 0.25) is 10.0 Å². The van der Waals surface area contributed by atoms with E-state index in [4.69, 9.17) is 4.74 Å². The van der Waals surface area contributed by atoms with Gasteiger partial charge in [-0.05, 0) is 37.2 Å². The second kappa shape index (κ2) is 7.47. The quantitative estimate of drug-likeness (QED) is 0.705. The van der Waals surface area contributed by atoms with E-state index < -0.39 is 10.0 Å². The Bertz CT molecular complexity index is 469. The molecular weight excluding hydrogens is 264 g/mol. The molecule has 0 aliphatic carbocycles. The van der Waals surface area contributed by atoms with Gasteiger partial charge < -0.3 is 10.1 Å². The smallest absolute Gasteiger partial charge is 0.240 e. The molecule has 0 aromatic heterocycles. The molecule has 0 aliphatic heterocycles. The zero-order valence-electron chi connectivity index (χ0n) is 11.6. The van der Waals surface area contributed by atoms with Crippen molar-refractivity contribution >= 4 is 10.0 Å². The van der Waals surface area contributed by atoms with E-state index in [1.807, 2.05) is 20.9 Å². The van der Waals surface area contributed by atoms with Gasteiger partial charge in [0.05, 0.1) is 4.90 Å². The van der Waals surface area contributed by atoms with Gasteiger partial charge in [-0.15, -0.1) is 0 Å². The summed E-state index contributed by atoms with van der Waals surface area (Å²) in [5.74, 6) is 0.942. The van der Waals surface area contributed by atoms with Gasteiger partial charge in [0.1, 0.15) is 12.4 Å². The molecule has 0 saturated heterocycles. The average molecular weight is 286 g/mol. The molecule has 0 aliphatic rings. The lowest BCUT2D eigenvalue weighted by Crippen LogP contribution is -2.27. The number of ether oxygens (including phenoxy) is 1. The highest BCUT2D eigenvalue weighted by atomic mass is 32.2. The Hall–Kier alpha value is -1.11. The van der Waals surface area contributed by atoms with E-state index in [2.05, 4.69) is 10.0 Å². The SMILES string of the molecule is CNCCOc1ccc(S(=O)(=O)NCC(C)C)cc1. The molecular formula is C13H22N2O3S. The van der Waals surface area contributed by atoms with E-state index in [1.54, 1.807) is 24.3 Å². The van der Waals surface area contributed by atoms with Crippen LogP contribution in [0.3, 0.4) is 0 Å². The first-order valence-electron chi connectivity index (χ1n) is 6.33. The van der Waals surface area contributed by atoms with Crippen molar-refractivity contribution in [3.8, 4) is 5.75 Å². The van der Waals surface area contributed by atoms with Crippen LogP contribution in [-0.4, -0.2) is 35.2 Å². The highest BCUT2D eigenvalue weighted by Crippen LogP contribution is 2.15. The summed E-state index contributed by atoms with van der Waals surface area (Å²) in [6.45, 7) is 5.65. The van der Waals surface area contributed by atoms with Crippen LogP contribution < -0.4 is 14.8 Å². The monoisotopic (exact) mass is 286 g/mol. The maximum absolute atomic E-state index is 11.9. The molecule has 1 aromatic rings. The predicted molar refractivity (Wildman–Crippen MR) is 75.9 cm³/mol. The van der Waals surface area contributed by atoms with Crippen molar-refractivity contribution in [3.05, 3.63) is 24.3 Å². The van der Waals surface area contributed by atoms with Crippen LogP contribution >= 0.6 is 0 Å². The van der Waals surface area contributed by atoms with E-state index in [0.29, 0.717) is 18.9 Å². The Balaban J connectivity index is 2.64. The molecule has 0 unspecified atom stereocenters. The maximum Gasteiger partial charge on any atom is 0.240 e. The molecule has 0 spiro atoms. The molecule has 0 radical (unpaired) electrons. The van der Waals surface area contributed by atoms with Gasteiger partial charge in [-0.2, -0.15) is 0 Å². The van der Waals surface area contributed by atoms with E-state index in [0.717, 1.165) is 6.54 Å². The van der Waals surface area contributed by atoms with Crippen LogP contribution in [0.25, 0.3) is 0 Å². The summed E-state index contributed by atoms with van der Waals surface area (Å²) in [7, 11) is -1.57. The van der Waals surface area contributed by atoms with Gasteiger partial charge in [0, 0.05) is 13.1 Å². The van der Waals surface area contributed by atoms with Crippen molar-refractivity contribution in [3.63, 3.8) is 0 Å². The van der Waals surface area contributed by atoms with Crippen molar-refractivity contribution < 1.29 is 13.2 Å². The largest absolute Gasteiger partial charge is 0.492 e. The van der Waals surface area contributed by atoms with Gasteiger partial charge in [-0.25, -0.2) is 13.1 Å². The first kappa shape index (κ1) is 15.9. The minimum Gasteiger partial charge on any atom is -0.492 e. The van der Waals surface area contributed by atoms with Crippen LogP contribution in [0.2, 0.25) is 0 Å². The van der Waals surface area contributed by atoms with Crippen molar-refractivity contribution in [1.29, 1.82) is 0 Å². The number of sulfonamides is 1. The molecule has 108 valence electrons. The van der Waals surface area contributed by atoms with Crippen LogP contribution in [0.15, 0.2) is 29.2 Å². The Labute approximate surface area is 115 Å². The minimum absolute atomic E-state index is 0.258. The second-order valence-electron chi connectivity index (χ2n) is 4.67. The van der Waals surface area contributed by atoms with Crippen LogP contribution in [0.5, 0.6) is 5.75 Å². The van der Waals surface area contributed by atoms with Crippen LogP contribution in [0.4, 0.5) is 0 Å². The number of nitrogens with one attached hydrogen (secondary N) is 2. The number of benzene rings is 1. The van der Waals surface area contributed by atoms with Gasteiger partial charge in [-0.3, -0.25) is 0 Å². The molecule has 6 heteroatoms. The van der Waals surface area contributed by atoms with Crippen molar-refractivity contribution in [2.24, 2.45) is 5.92 Å². The molecule has 1 aromatic carbocycles. The Kier molecular flexibility index (Phi) is 6.27. The Morgan fingerprint density at radius 3 is 2.37 bits per heavy atom. The van der Waals surface area contributed by atoms with Gasteiger partial charge in [0.15, 0.2) is 0 Å². The fraction of sp³-hybridized carbons (Fsp3) is 0.538. The first-order chi connectivity index (χ1) is 8.95. The van der Waals surface area contributed by atoms with Crippen molar-refractivity contribution in [2.75, 3.05) is 26.7 Å². The molecule has 0 fully saturated rings. The topological polar surface area (TPSA) is 67.4 Å². The average Bonchev–Trinajstić information content (AvgIpc) is 2.37. The number of rotatable bonds is 8. The molecule has 19 heavy (non-hydrogen) atoms. The standard InChI is InChI=1S/C13H22N2O3S/c1-11(2)10-15-19(16,17)13-6-4-12(5-7-13)18-9-8-14-3/h4-7,11,14-15H,8-10H2,1-3H3. The first-order valence-corrected chi connectivity index (χ1v) is 7.81. The van der Waals surface area contributed by atoms with Gasteiger partial charge in [0.25, 0.3) is 0 Å². The van der Waals surface area contributed by atoms with Gasteiger partial charge in [-0.1, -0.05) is 13.8 Å². The molecule has 0 atom stereocenters. The molecule has 5 nitrogen and oxygen atoms in total. The van der Waals surface area contributed by atoms with Crippen LogP contribution in [0, 0.1) is 5.92 Å². The van der Waals surface area contributed by atoms with E-state index in [9.17, 15) is 8.42 Å². The molecule has 0 amide bonds. The fourth-order valence-corrected chi connectivity index (χ4v) is 2.56. The number of likely N-dealkylation sites (N-methyl/N-ethyl adjacent to an activating group) is 1. The van der Waals surface area contributed by atoms with Crippen molar-refractivity contribution in [2.45, 2.75) is 18.7 Å². The maximum atomic E-state index is 11.9. The highest BCUT2D eigenvalue weighted by molar-refractivity contribution is 7.89. The second-order valence-corrected chi connectivity index (χ2v) is 6.44. The van der Waals surface area contributed by atoms with Crippen LogP contribution in [-0.2, 0) is 10.0 Å². The predicted octanol–water partition coefficient (Wildman–Crippen LogP) is 1.22. The Morgan fingerprint density at radius 1 is 1.21 bits per heavy atom. The zero-order valence-corrected chi connectivity index (χ0v) is 12.5. The third-order valence-electron chi connectivity index (χ3n) is 2.44. The van der Waals surface area contributed by atoms with E-state index in [1.165, 1.54) is 0 Å². The summed E-state index contributed by atoms with van der Waals surface area (Å²) >= 11 is 0. The lowest BCUT2D eigenvalue weighted by molar-refractivity contribution is 0.318. The van der Waals surface area contributed by atoms with Crippen LogP contribution in [0.1, 0.15) is 13.8 Å². The minimum atomic E-state index is -3.42. The zero-order chi connectivity index (χ0) is 14.3. The lowest BCUT2D eigenvalue weighted by Gasteiger charge is -2.10. The molecule has 0 heterocycles. The normalized spacial score (nSPS) is 11.8. The lowest BCUT2D eigenvalue weighted by atomic mass is 10.2. The third kappa shape index (κ3) is 5.59. The summed E-state index contributed by atoms with van der Waals surface area (Å²) in [6.07, 6.45) is 0. The molecule has 2 N–H and O–H groups in total. The molecule has 0 saturated carbocycles. The number of hydrogen-bond acceptors (Lipinski definition) is 4. The van der Waals surface area contributed by atoms with E-state index >= 15 is 0 Å². The summed E-state index contributed by atoms with van der Waals surface area (Å²) in [5.41, 5.74) is 0. The summed E-state index contributed by atoms with van der Waals surface area (Å²) in [5, 5.41) is 2.97. The van der Waals surface area contributed by atoms with Gasteiger partial charge >= 0.3 is 0 Å².